The van der Waals surface area contributed by atoms with Gasteiger partial charge in [-0.25, -0.2) is 4.39 Å². The van der Waals surface area contributed by atoms with Crippen molar-refractivity contribution in [1.29, 1.82) is 0 Å². The van der Waals surface area contributed by atoms with Gasteiger partial charge in [-0.2, -0.15) is 0 Å². The van der Waals surface area contributed by atoms with Crippen molar-refractivity contribution >= 4 is 0 Å². The maximum Gasteiger partial charge on any atom is 0.123 e. The van der Waals surface area contributed by atoms with E-state index in [1.54, 1.807) is 6.08 Å². The summed E-state index contributed by atoms with van der Waals surface area (Å²) >= 11 is 0. The molecule has 0 bridgehead atoms. The lowest BCUT2D eigenvalue weighted by molar-refractivity contribution is 0.661. The van der Waals surface area contributed by atoms with Gasteiger partial charge in [0.05, 0.1) is 0 Å². The molecule has 0 unspecified atom stereocenters. The van der Waals surface area contributed by atoms with Crippen LogP contribution in [-0.4, -0.2) is 0 Å². The van der Waals surface area contributed by atoms with Crippen LogP contribution in [0.15, 0.2) is 58.5 Å². The molecule has 2 aliphatic rings. The Hall–Kier alpha value is -1.37. The minimum Gasteiger partial charge on any atom is -0.207 e. The molecule has 0 aromatic rings. The monoisotopic (exact) mass is 188 g/mol. The molecule has 0 nitrogen and oxygen atoms in total. The zero-order valence-electron chi connectivity index (χ0n) is 8.47. The average Bonchev–Trinajstić information content (AvgIpc) is 2.47. The van der Waals surface area contributed by atoms with Crippen LogP contribution in [0.5, 0.6) is 0 Å². The fraction of sp³-hybridized carbons (Fsp3) is 0.231. The first-order chi connectivity index (χ1) is 6.66. The van der Waals surface area contributed by atoms with Gasteiger partial charge in [0.15, 0.2) is 0 Å². The maximum atomic E-state index is 13.0. The van der Waals surface area contributed by atoms with Crippen LogP contribution < -0.4 is 0 Å². The Morgan fingerprint density at radius 1 is 1.07 bits per heavy atom. The van der Waals surface area contributed by atoms with Gasteiger partial charge in [-0.1, -0.05) is 18.2 Å². The first-order valence-electron chi connectivity index (χ1n) is 4.80. The lowest BCUT2D eigenvalue weighted by Gasteiger charge is -2.05. The Morgan fingerprint density at radius 3 is 2.29 bits per heavy atom. The van der Waals surface area contributed by atoms with Crippen LogP contribution in [0.1, 0.15) is 20.3 Å². The van der Waals surface area contributed by atoms with Gasteiger partial charge in [0.1, 0.15) is 5.83 Å². The molecule has 0 radical (unpaired) electrons. The van der Waals surface area contributed by atoms with Crippen molar-refractivity contribution in [3.63, 3.8) is 0 Å². The maximum absolute atomic E-state index is 13.0. The molecule has 0 saturated carbocycles. The van der Waals surface area contributed by atoms with E-state index in [4.69, 9.17) is 0 Å². The van der Waals surface area contributed by atoms with Crippen molar-refractivity contribution < 1.29 is 4.39 Å². The predicted molar refractivity (Wildman–Crippen MR) is 57.5 cm³/mol. The highest BCUT2D eigenvalue weighted by atomic mass is 19.1. The Balaban J connectivity index is 2.41. The number of hydrogen-bond acceptors (Lipinski definition) is 0. The number of halogens is 1. The van der Waals surface area contributed by atoms with Gasteiger partial charge in [0.25, 0.3) is 0 Å². The molecule has 1 heteroatoms. The predicted octanol–water partition coefficient (Wildman–Crippen LogP) is 4.00. The van der Waals surface area contributed by atoms with Gasteiger partial charge >= 0.3 is 0 Å². The molecule has 0 aromatic heterocycles. The van der Waals surface area contributed by atoms with Crippen molar-refractivity contribution in [3.05, 3.63) is 58.5 Å². The van der Waals surface area contributed by atoms with E-state index in [0.29, 0.717) is 0 Å². The lowest BCUT2D eigenvalue weighted by atomic mass is 10.0. The van der Waals surface area contributed by atoms with Crippen LogP contribution in [0.25, 0.3) is 0 Å². The van der Waals surface area contributed by atoms with E-state index < -0.39 is 0 Å². The van der Waals surface area contributed by atoms with E-state index in [-0.39, 0.29) is 5.83 Å². The van der Waals surface area contributed by atoms with Crippen LogP contribution in [-0.2, 0) is 0 Å². The third-order valence-electron chi connectivity index (χ3n) is 2.66. The van der Waals surface area contributed by atoms with Crippen molar-refractivity contribution in [2.75, 3.05) is 0 Å². The Kier molecular flexibility index (Phi) is 2.24. The van der Waals surface area contributed by atoms with E-state index in [9.17, 15) is 4.39 Å². The van der Waals surface area contributed by atoms with E-state index in [0.717, 1.165) is 17.6 Å². The second-order valence-corrected chi connectivity index (χ2v) is 3.77. The minimum atomic E-state index is -0.150. The van der Waals surface area contributed by atoms with Gasteiger partial charge in [-0.15, -0.1) is 0 Å². The molecule has 0 fully saturated rings. The summed E-state index contributed by atoms with van der Waals surface area (Å²) in [6, 6.07) is 0. The molecule has 0 aliphatic heterocycles. The Labute approximate surface area is 83.8 Å². The molecule has 0 amide bonds. The summed E-state index contributed by atoms with van der Waals surface area (Å²) in [4.78, 5) is 0. The molecule has 2 rings (SSSR count). The molecular weight excluding hydrogens is 175 g/mol. The Morgan fingerprint density at radius 2 is 1.71 bits per heavy atom. The highest BCUT2D eigenvalue weighted by Crippen LogP contribution is 2.28. The normalized spacial score (nSPS) is 20.9. The number of allylic oxidation sites excluding steroid dienone is 10. The van der Waals surface area contributed by atoms with Crippen LogP contribution >= 0.6 is 0 Å². The molecule has 2 aliphatic carbocycles. The fourth-order valence-electron chi connectivity index (χ4n) is 1.69. The van der Waals surface area contributed by atoms with E-state index in [1.165, 1.54) is 17.2 Å². The van der Waals surface area contributed by atoms with Crippen molar-refractivity contribution in [2.45, 2.75) is 20.3 Å². The SMILES string of the molecule is CC1=CC(=C2C=C(F)C=CC2)C=C1C. The van der Waals surface area contributed by atoms with Crippen molar-refractivity contribution in [2.24, 2.45) is 0 Å². The summed E-state index contributed by atoms with van der Waals surface area (Å²) in [5.41, 5.74) is 4.77. The summed E-state index contributed by atoms with van der Waals surface area (Å²) < 4.78 is 13.0. The summed E-state index contributed by atoms with van der Waals surface area (Å²) in [5, 5.41) is 0. The molecule has 0 saturated heterocycles. The van der Waals surface area contributed by atoms with Crippen molar-refractivity contribution in [3.8, 4) is 0 Å². The molecule has 0 heterocycles. The third kappa shape index (κ3) is 1.63. The van der Waals surface area contributed by atoms with Crippen LogP contribution in [0.4, 0.5) is 4.39 Å². The van der Waals surface area contributed by atoms with E-state index >= 15 is 0 Å². The van der Waals surface area contributed by atoms with E-state index in [1.807, 2.05) is 6.08 Å². The summed E-state index contributed by atoms with van der Waals surface area (Å²) in [6.45, 7) is 4.16. The highest BCUT2D eigenvalue weighted by molar-refractivity contribution is 5.55. The third-order valence-corrected chi connectivity index (χ3v) is 2.66. The summed E-state index contributed by atoms with van der Waals surface area (Å²) in [6.07, 6.45) is 10.1. The number of rotatable bonds is 0. The Bertz CT molecular complexity index is 395. The fourth-order valence-corrected chi connectivity index (χ4v) is 1.69. The smallest absolute Gasteiger partial charge is 0.123 e. The van der Waals surface area contributed by atoms with Gasteiger partial charge in [-0.3, -0.25) is 0 Å². The van der Waals surface area contributed by atoms with Gasteiger partial charge in [0, 0.05) is 0 Å². The second kappa shape index (κ2) is 3.41. The molecule has 0 spiro atoms. The zero-order chi connectivity index (χ0) is 10.1. The summed E-state index contributed by atoms with van der Waals surface area (Å²) in [7, 11) is 0. The second-order valence-electron chi connectivity index (χ2n) is 3.77. The largest absolute Gasteiger partial charge is 0.207 e. The standard InChI is InChI=1S/C13H13F/c1-9-6-12(7-10(9)2)11-4-3-5-13(14)8-11/h3,5-8H,4H2,1-2H3. The van der Waals surface area contributed by atoms with Crippen LogP contribution in [0.2, 0.25) is 0 Å². The van der Waals surface area contributed by atoms with Gasteiger partial charge in [0.2, 0.25) is 0 Å². The molecule has 0 aromatic carbocycles. The van der Waals surface area contributed by atoms with Crippen molar-refractivity contribution in [1.82, 2.24) is 0 Å². The van der Waals surface area contributed by atoms with Gasteiger partial charge < -0.3 is 0 Å². The molecular formula is C13H13F. The zero-order valence-corrected chi connectivity index (χ0v) is 8.47. The van der Waals surface area contributed by atoms with Gasteiger partial charge in [-0.05, 0) is 54.7 Å². The number of hydrogen-bond donors (Lipinski definition) is 0. The molecule has 72 valence electrons. The lowest BCUT2D eigenvalue weighted by Crippen LogP contribution is -1.87. The first kappa shape index (κ1) is 9.20. The topological polar surface area (TPSA) is 0 Å². The average molecular weight is 188 g/mol. The molecule has 14 heavy (non-hydrogen) atoms. The quantitative estimate of drug-likeness (QED) is 0.539. The van der Waals surface area contributed by atoms with Crippen LogP contribution in [0, 0.1) is 0 Å². The summed E-state index contributed by atoms with van der Waals surface area (Å²) in [5.74, 6) is -0.150. The van der Waals surface area contributed by atoms with Crippen LogP contribution in [0.3, 0.4) is 0 Å². The first-order valence-corrected chi connectivity index (χ1v) is 4.80. The molecule has 0 atom stereocenters. The van der Waals surface area contributed by atoms with E-state index in [2.05, 4.69) is 26.0 Å². The minimum absolute atomic E-state index is 0.150. The highest BCUT2D eigenvalue weighted by Gasteiger charge is 2.10. The molecule has 0 N–H and O–H groups in total.